The first-order valence-electron chi connectivity index (χ1n) is 6.12. The van der Waals surface area contributed by atoms with Crippen LogP contribution in [0.15, 0.2) is 53.0 Å². The van der Waals surface area contributed by atoms with Crippen LogP contribution in [0.2, 0.25) is 0 Å². The molecule has 0 fully saturated rings. The largest absolute Gasteiger partial charge is 0.398 e. The van der Waals surface area contributed by atoms with Crippen molar-refractivity contribution in [1.29, 1.82) is 0 Å². The number of rotatable bonds is 0. The van der Waals surface area contributed by atoms with Crippen molar-refractivity contribution in [1.82, 2.24) is 4.98 Å². The third-order valence-corrected chi connectivity index (χ3v) is 4.11. The molecule has 0 radical (unpaired) electrons. The molecule has 3 heteroatoms. The zero-order valence-corrected chi connectivity index (χ0v) is 11.7. The van der Waals surface area contributed by atoms with Crippen molar-refractivity contribution in [3.63, 3.8) is 0 Å². The van der Waals surface area contributed by atoms with Crippen molar-refractivity contribution in [2.24, 2.45) is 0 Å². The molecule has 1 heterocycles. The van der Waals surface area contributed by atoms with Gasteiger partial charge in [-0.15, -0.1) is 0 Å². The van der Waals surface area contributed by atoms with Crippen LogP contribution in [0.4, 0.5) is 5.69 Å². The Bertz CT molecular complexity index is 938. The third-order valence-electron chi connectivity index (χ3n) is 3.62. The summed E-state index contributed by atoms with van der Waals surface area (Å²) in [6.45, 7) is 0. The van der Waals surface area contributed by atoms with Gasteiger partial charge in [-0.25, -0.2) is 0 Å². The summed E-state index contributed by atoms with van der Waals surface area (Å²) in [5.41, 5.74) is 9.18. The summed E-state index contributed by atoms with van der Waals surface area (Å²) in [7, 11) is 0. The maximum Gasteiger partial charge on any atom is 0.0471 e. The number of nitrogens with one attached hydrogen (secondary N) is 1. The molecule has 0 amide bonds. The molecule has 0 aliphatic carbocycles. The normalized spacial score (nSPS) is 11.6. The topological polar surface area (TPSA) is 41.8 Å². The number of aromatic amines is 1. The van der Waals surface area contributed by atoms with Gasteiger partial charge in [0, 0.05) is 37.4 Å². The molecule has 19 heavy (non-hydrogen) atoms. The van der Waals surface area contributed by atoms with E-state index in [9.17, 15) is 0 Å². The van der Waals surface area contributed by atoms with E-state index in [0.29, 0.717) is 0 Å². The van der Waals surface area contributed by atoms with Gasteiger partial charge in [-0.05, 0) is 35.7 Å². The van der Waals surface area contributed by atoms with Crippen LogP contribution in [0, 0.1) is 0 Å². The van der Waals surface area contributed by atoms with Crippen molar-refractivity contribution in [2.75, 3.05) is 5.73 Å². The molecular weight excluding hydrogens is 300 g/mol. The summed E-state index contributed by atoms with van der Waals surface area (Å²) in [5.74, 6) is 0. The number of anilines is 1. The highest BCUT2D eigenvalue weighted by Crippen LogP contribution is 2.35. The number of hydrogen-bond acceptors (Lipinski definition) is 1. The van der Waals surface area contributed by atoms with Crippen LogP contribution in [0.3, 0.4) is 0 Å². The van der Waals surface area contributed by atoms with Crippen molar-refractivity contribution < 1.29 is 0 Å². The Hall–Kier alpha value is -2.00. The number of aromatic nitrogens is 1. The molecule has 3 N–H and O–H groups in total. The summed E-state index contributed by atoms with van der Waals surface area (Å²) in [4.78, 5) is 3.46. The smallest absolute Gasteiger partial charge is 0.0471 e. The Morgan fingerprint density at radius 1 is 0.842 bits per heavy atom. The number of H-pyrrole nitrogens is 1. The molecule has 0 saturated heterocycles. The minimum atomic E-state index is 0.823. The monoisotopic (exact) mass is 310 g/mol. The minimum Gasteiger partial charge on any atom is -0.398 e. The van der Waals surface area contributed by atoms with E-state index in [1.165, 1.54) is 16.2 Å². The zero-order valence-electron chi connectivity index (χ0n) is 10.1. The quantitative estimate of drug-likeness (QED) is 0.449. The van der Waals surface area contributed by atoms with Crippen molar-refractivity contribution in [3.05, 3.63) is 53.0 Å². The molecule has 2 nitrogen and oxygen atoms in total. The minimum absolute atomic E-state index is 0.823. The molecule has 0 aliphatic rings. The van der Waals surface area contributed by atoms with E-state index in [2.05, 4.69) is 51.2 Å². The highest BCUT2D eigenvalue weighted by molar-refractivity contribution is 9.10. The number of hydrogen-bond donors (Lipinski definition) is 2. The van der Waals surface area contributed by atoms with E-state index in [1.807, 2.05) is 18.2 Å². The van der Waals surface area contributed by atoms with Crippen LogP contribution in [0.1, 0.15) is 0 Å². The van der Waals surface area contributed by atoms with Gasteiger partial charge in [-0.3, -0.25) is 0 Å². The molecular formula is C16H11BrN2. The van der Waals surface area contributed by atoms with E-state index in [1.54, 1.807) is 0 Å². The number of nitrogens with two attached hydrogens (primary N) is 1. The Labute approximate surface area is 118 Å². The fourth-order valence-corrected chi connectivity index (χ4v) is 3.11. The highest BCUT2D eigenvalue weighted by atomic mass is 79.9. The maximum atomic E-state index is 6.07. The summed E-state index contributed by atoms with van der Waals surface area (Å²) in [6.07, 6.45) is 0. The lowest BCUT2D eigenvalue weighted by molar-refractivity contribution is 1.55. The summed E-state index contributed by atoms with van der Waals surface area (Å²) in [6, 6.07) is 16.6. The van der Waals surface area contributed by atoms with Crippen LogP contribution < -0.4 is 5.73 Å². The van der Waals surface area contributed by atoms with Crippen LogP contribution in [0.25, 0.3) is 32.6 Å². The second kappa shape index (κ2) is 3.75. The molecule has 0 bridgehead atoms. The van der Waals surface area contributed by atoms with E-state index in [-0.39, 0.29) is 0 Å². The van der Waals surface area contributed by atoms with E-state index in [0.717, 1.165) is 26.6 Å². The number of halogens is 1. The summed E-state index contributed by atoms with van der Waals surface area (Å²) in [5, 5.41) is 4.76. The average molecular weight is 311 g/mol. The van der Waals surface area contributed by atoms with Crippen molar-refractivity contribution >= 4 is 54.2 Å². The first-order valence-corrected chi connectivity index (χ1v) is 6.91. The lowest BCUT2D eigenvalue weighted by atomic mass is 10.0. The first-order chi connectivity index (χ1) is 9.24. The predicted octanol–water partition coefficient (Wildman–Crippen LogP) is 4.82. The van der Waals surface area contributed by atoms with E-state index in [4.69, 9.17) is 5.73 Å². The third kappa shape index (κ3) is 1.48. The van der Waals surface area contributed by atoms with E-state index < -0.39 is 0 Å². The number of fused-ring (bicyclic) bond motifs is 5. The van der Waals surface area contributed by atoms with Crippen LogP contribution in [-0.4, -0.2) is 4.98 Å². The fraction of sp³-hybridized carbons (Fsp3) is 0. The van der Waals surface area contributed by atoms with Gasteiger partial charge in [-0.1, -0.05) is 34.1 Å². The van der Waals surface area contributed by atoms with Crippen molar-refractivity contribution in [3.8, 4) is 0 Å². The van der Waals surface area contributed by atoms with Gasteiger partial charge in [0.15, 0.2) is 0 Å². The predicted molar refractivity (Wildman–Crippen MR) is 85.4 cm³/mol. The second-order valence-corrected chi connectivity index (χ2v) is 5.66. The van der Waals surface area contributed by atoms with Crippen molar-refractivity contribution in [2.45, 2.75) is 0 Å². The zero-order chi connectivity index (χ0) is 13.0. The lowest BCUT2D eigenvalue weighted by Gasteiger charge is -2.03. The van der Waals surface area contributed by atoms with Gasteiger partial charge >= 0.3 is 0 Å². The highest BCUT2D eigenvalue weighted by Gasteiger charge is 2.09. The first kappa shape index (κ1) is 10.9. The van der Waals surface area contributed by atoms with Gasteiger partial charge in [0.2, 0.25) is 0 Å². The van der Waals surface area contributed by atoms with Gasteiger partial charge in [0.1, 0.15) is 0 Å². The fourth-order valence-electron chi connectivity index (χ4n) is 2.75. The molecule has 1 aromatic heterocycles. The SMILES string of the molecule is Nc1cccc2c1ccc1[nH]c3ccc(Br)cc3c12. The molecule has 3 aromatic carbocycles. The second-order valence-electron chi connectivity index (χ2n) is 4.75. The van der Waals surface area contributed by atoms with Crippen LogP contribution in [0.5, 0.6) is 0 Å². The molecule has 0 atom stereocenters. The standard InChI is InChI=1S/C16H11BrN2/c17-9-4-6-14-12(8-9)16-11-2-1-3-13(18)10(11)5-7-15(16)19-14/h1-8,19H,18H2. The number of nitrogen functional groups attached to an aromatic ring is 1. The van der Waals surface area contributed by atoms with Gasteiger partial charge in [0.25, 0.3) is 0 Å². The van der Waals surface area contributed by atoms with Gasteiger partial charge < -0.3 is 10.7 Å². The van der Waals surface area contributed by atoms with Crippen LogP contribution in [-0.2, 0) is 0 Å². The Morgan fingerprint density at radius 2 is 1.68 bits per heavy atom. The Kier molecular flexibility index (Phi) is 2.15. The molecule has 0 saturated carbocycles. The van der Waals surface area contributed by atoms with Gasteiger partial charge in [-0.2, -0.15) is 0 Å². The number of benzene rings is 3. The average Bonchev–Trinajstić information content (AvgIpc) is 2.77. The molecule has 92 valence electrons. The molecule has 4 rings (SSSR count). The summed E-state index contributed by atoms with van der Waals surface area (Å²) >= 11 is 3.54. The molecule has 0 unspecified atom stereocenters. The molecule has 0 spiro atoms. The van der Waals surface area contributed by atoms with E-state index >= 15 is 0 Å². The van der Waals surface area contributed by atoms with Gasteiger partial charge in [0.05, 0.1) is 0 Å². The molecule has 4 aromatic rings. The van der Waals surface area contributed by atoms with Crippen LogP contribution >= 0.6 is 15.9 Å². The Balaban J connectivity index is 2.34. The maximum absolute atomic E-state index is 6.07. The molecule has 0 aliphatic heterocycles. The Morgan fingerprint density at radius 3 is 2.58 bits per heavy atom. The lowest BCUT2D eigenvalue weighted by Crippen LogP contribution is -1.86. The summed E-state index contributed by atoms with van der Waals surface area (Å²) < 4.78 is 1.09.